The Balaban J connectivity index is 1.63. The molecule has 57 heavy (non-hydrogen) atoms. The summed E-state index contributed by atoms with van der Waals surface area (Å²) in [6, 6.07) is 22.5. The number of allylic oxidation sites excluding steroid dienone is 2. The molecule has 0 aliphatic heterocycles. The van der Waals surface area contributed by atoms with Crippen LogP contribution in [-0.2, 0) is 19.7 Å². The fraction of sp³-hybridized carbons (Fsp3) is 0.0500. The third-order valence-electron chi connectivity index (χ3n) is 9.20. The second kappa shape index (κ2) is 13.5. The monoisotopic (exact) mass is 808 g/mol. The lowest BCUT2D eigenvalue weighted by atomic mass is 9.91. The molecule has 17 heteroatoms. The molecule has 0 aromatic heterocycles. The van der Waals surface area contributed by atoms with Crippen LogP contribution in [0.15, 0.2) is 116 Å². The number of halogens is 5. The summed E-state index contributed by atoms with van der Waals surface area (Å²) in [6.45, 7) is 0. The molecule has 0 radical (unpaired) electrons. The van der Waals surface area contributed by atoms with Crippen molar-refractivity contribution in [3.63, 3.8) is 0 Å². The van der Waals surface area contributed by atoms with Gasteiger partial charge in [-0.1, -0.05) is 36.4 Å². The Kier molecular flexibility index (Phi) is 8.97. The van der Waals surface area contributed by atoms with E-state index in [1.54, 1.807) is 30.3 Å². The Hall–Kier alpha value is -7.31. The number of ether oxygens (including phenoxy) is 2. The fourth-order valence-electron chi connectivity index (χ4n) is 6.91. The summed E-state index contributed by atoms with van der Waals surface area (Å²) in [5.74, 6) is -4.65. The molecule has 0 atom stereocenters. The molecule has 0 fully saturated rings. The van der Waals surface area contributed by atoms with Crippen LogP contribution in [0.25, 0.3) is 33.4 Å². The average molecular weight is 809 g/mol. The zero-order chi connectivity index (χ0) is 41.2. The van der Waals surface area contributed by atoms with Gasteiger partial charge in [0, 0.05) is 33.4 Å². The molecule has 0 saturated carbocycles. The molecule has 10 nitrogen and oxygen atoms in total. The van der Waals surface area contributed by atoms with Crippen molar-refractivity contribution in [1.29, 1.82) is 21.0 Å². The van der Waals surface area contributed by atoms with Crippen LogP contribution >= 0.6 is 0 Å². The quantitative estimate of drug-likeness (QED) is 0.117. The van der Waals surface area contributed by atoms with Crippen molar-refractivity contribution in [2.45, 2.75) is 25.9 Å². The van der Waals surface area contributed by atoms with Crippen LogP contribution < -0.4 is 9.47 Å². The standard InChI is InChI=1S/C40H17F5N4O6S2/c1-54-28-12-24-26(14-30(28)56(50,51)22-8-4-2-5-9-22)32(20(16-46)17-47)36-34(24)38(41)37-33(21(18-48)19-49)27-15-31(57(52,53)23-10-6-3-7-11-23)29(55-40(43,44)45)13-25(27)35(37)39(36)42/h2-15H,1H3. The predicted molar refractivity (Wildman–Crippen MR) is 189 cm³/mol. The molecule has 7 rings (SSSR count). The predicted octanol–water partition coefficient (Wildman–Crippen LogP) is 8.20. The first-order valence-electron chi connectivity index (χ1n) is 16.0. The van der Waals surface area contributed by atoms with Gasteiger partial charge in [0.2, 0.25) is 19.7 Å². The number of methoxy groups -OCH3 is 1. The van der Waals surface area contributed by atoms with Gasteiger partial charge in [0.25, 0.3) is 0 Å². The summed E-state index contributed by atoms with van der Waals surface area (Å²) in [5, 5.41) is 40.1. The van der Waals surface area contributed by atoms with Crippen molar-refractivity contribution < 1.29 is 48.3 Å². The second-order valence-electron chi connectivity index (χ2n) is 12.1. The molecule has 0 spiro atoms. The van der Waals surface area contributed by atoms with Crippen LogP contribution in [0.3, 0.4) is 0 Å². The topological polar surface area (TPSA) is 182 Å². The van der Waals surface area contributed by atoms with Crippen molar-refractivity contribution in [3.05, 3.63) is 130 Å². The smallest absolute Gasteiger partial charge is 0.495 e. The van der Waals surface area contributed by atoms with Crippen molar-refractivity contribution in [1.82, 2.24) is 0 Å². The molecule has 0 unspecified atom stereocenters. The molecular weight excluding hydrogens is 792 g/mol. The first kappa shape index (κ1) is 38.0. The van der Waals surface area contributed by atoms with Crippen LogP contribution in [0.5, 0.6) is 11.5 Å². The molecule has 0 bridgehead atoms. The minimum absolute atomic E-state index is 0.209. The van der Waals surface area contributed by atoms with E-state index >= 15 is 8.78 Å². The Labute approximate surface area is 320 Å². The highest BCUT2D eigenvalue weighted by atomic mass is 32.2. The molecule has 2 aliphatic rings. The maximum atomic E-state index is 17.5. The highest BCUT2D eigenvalue weighted by molar-refractivity contribution is 7.92. The van der Waals surface area contributed by atoms with E-state index in [0.29, 0.717) is 12.1 Å². The van der Waals surface area contributed by atoms with E-state index in [-0.39, 0.29) is 21.8 Å². The van der Waals surface area contributed by atoms with Gasteiger partial charge in [0.1, 0.15) is 68.3 Å². The number of nitrogens with zero attached hydrogens (tertiary/aromatic N) is 4. The minimum Gasteiger partial charge on any atom is -0.495 e. The van der Waals surface area contributed by atoms with Crippen LogP contribution in [0.4, 0.5) is 22.0 Å². The van der Waals surface area contributed by atoms with Crippen molar-refractivity contribution in [3.8, 4) is 58.0 Å². The summed E-state index contributed by atoms with van der Waals surface area (Å²) in [5.41, 5.74) is -8.03. The average Bonchev–Trinajstić information content (AvgIpc) is 3.70. The number of hydrogen-bond acceptors (Lipinski definition) is 10. The molecule has 0 heterocycles. The lowest BCUT2D eigenvalue weighted by molar-refractivity contribution is -0.275. The highest BCUT2D eigenvalue weighted by Gasteiger charge is 2.44. The SMILES string of the molecule is COc1cc2c(cc1S(=O)(=O)c1ccccc1)C(=C(C#N)C#N)c1c(F)c3c(c(F)c1-2)C(=C(C#N)C#N)c1cc(S(=O)(=O)c2ccccc2)c(OC(F)(F)F)cc1-3. The van der Waals surface area contributed by atoms with Crippen LogP contribution in [0.2, 0.25) is 0 Å². The van der Waals surface area contributed by atoms with Gasteiger partial charge in [-0.05, 0) is 70.8 Å². The molecule has 0 N–H and O–H groups in total. The molecule has 2 aliphatic carbocycles. The summed E-state index contributed by atoms with van der Waals surface area (Å²) in [6.07, 6.45) is -5.52. The van der Waals surface area contributed by atoms with Gasteiger partial charge in [0.15, 0.2) is 0 Å². The second-order valence-corrected chi connectivity index (χ2v) is 16.0. The molecule has 0 amide bonds. The summed E-state index contributed by atoms with van der Waals surface area (Å²) < 4.78 is 142. The maximum absolute atomic E-state index is 17.5. The first-order valence-corrected chi connectivity index (χ1v) is 18.9. The minimum atomic E-state index is -5.52. The van der Waals surface area contributed by atoms with Crippen molar-refractivity contribution in [2.24, 2.45) is 0 Å². The number of benzene rings is 5. The van der Waals surface area contributed by atoms with Crippen molar-refractivity contribution >= 4 is 30.8 Å². The first-order chi connectivity index (χ1) is 27.0. The van der Waals surface area contributed by atoms with E-state index in [2.05, 4.69) is 4.74 Å². The van der Waals surface area contributed by atoms with E-state index in [0.717, 1.165) is 31.4 Å². The summed E-state index contributed by atoms with van der Waals surface area (Å²) >= 11 is 0. The highest BCUT2D eigenvalue weighted by Crippen LogP contribution is 2.59. The van der Waals surface area contributed by atoms with Gasteiger partial charge in [-0.3, -0.25) is 0 Å². The van der Waals surface area contributed by atoms with E-state index in [9.17, 15) is 51.1 Å². The number of sulfone groups is 2. The summed E-state index contributed by atoms with van der Waals surface area (Å²) in [4.78, 5) is -2.35. The van der Waals surface area contributed by atoms with E-state index in [1.807, 2.05) is 0 Å². The Morgan fingerprint density at radius 1 is 0.561 bits per heavy atom. The number of alkyl halides is 3. The van der Waals surface area contributed by atoms with E-state index in [1.165, 1.54) is 42.5 Å². The fourth-order valence-corrected chi connectivity index (χ4v) is 9.77. The van der Waals surface area contributed by atoms with E-state index < -0.39 is 114 Å². The molecular formula is C40H17F5N4O6S2. The Bertz CT molecular complexity index is 3070. The number of nitriles is 4. The largest absolute Gasteiger partial charge is 0.573 e. The van der Waals surface area contributed by atoms with Gasteiger partial charge in [0.05, 0.1) is 16.9 Å². The van der Waals surface area contributed by atoms with Gasteiger partial charge in [-0.2, -0.15) is 21.0 Å². The van der Waals surface area contributed by atoms with Crippen LogP contribution in [0.1, 0.15) is 22.3 Å². The third kappa shape index (κ3) is 5.76. The van der Waals surface area contributed by atoms with Gasteiger partial charge < -0.3 is 9.47 Å². The van der Waals surface area contributed by atoms with Crippen LogP contribution in [0, 0.1) is 57.0 Å². The van der Waals surface area contributed by atoms with Gasteiger partial charge >= 0.3 is 6.36 Å². The normalized spacial score (nSPS) is 12.5. The van der Waals surface area contributed by atoms with Crippen molar-refractivity contribution in [2.75, 3.05) is 7.11 Å². The number of hydrogen-bond donors (Lipinski definition) is 0. The van der Waals surface area contributed by atoms with E-state index in [4.69, 9.17) is 4.74 Å². The lowest BCUT2D eigenvalue weighted by Gasteiger charge is -2.16. The molecule has 5 aromatic carbocycles. The summed E-state index contributed by atoms with van der Waals surface area (Å²) in [7, 11) is -8.24. The third-order valence-corrected chi connectivity index (χ3v) is 12.8. The number of rotatable bonds is 6. The molecule has 0 saturated heterocycles. The maximum Gasteiger partial charge on any atom is 0.573 e. The Morgan fingerprint density at radius 3 is 1.28 bits per heavy atom. The Morgan fingerprint density at radius 2 is 0.930 bits per heavy atom. The van der Waals surface area contributed by atoms with Gasteiger partial charge in [-0.15, -0.1) is 13.2 Å². The molecule has 280 valence electrons. The van der Waals surface area contributed by atoms with Crippen LogP contribution in [-0.4, -0.2) is 30.3 Å². The lowest BCUT2D eigenvalue weighted by Crippen LogP contribution is -2.19. The number of fused-ring (bicyclic) bond motifs is 6. The molecule has 5 aromatic rings. The zero-order valence-corrected chi connectivity index (χ0v) is 30.2. The zero-order valence-electron chi connectivity index (χ0n) is 28.5. The van der Waals surface area contributed by atoms with Gasteiger partial charge in [-0.25, -0.2) is 25.6 Å².